The molecule has 0 unspecified atom stereocenters. The van der Waals surface area contributed by atoms with Crippen molar-refractivity contribution < 1.29 is 14.2 Å². The van der Waals surface area contributed by atoms with E-state index in [1.54, 1.807) is 20.5 Å². The summed E-state index contributed by atoms with van der Waals surface area (Å²) >= 11 is 0. The average Bonchev–Trinajstić information content (AvgIpc) is 3.38. The second-order valence-electron chi connectivity index (χ2n) is 7.18. The zero-order valence-electron chi connectivity index (χ0n) is 16.7. The first-order valence-corrected chi connectivity index (χ1v) is 9.52. The van der Waals surface area contributed by atoms with Gasteiger partial charge in [0.1, 0.15) is 11.6 Å². The zero-order valence-corrected chi connectivity index (χ0v) is 16.7. The van der Waals surface area contributed by atoms with Gasteiger partial charge in [-0.15, -0.1) is 0 Å². The van der Waals surface area contributed by atoms with Crippen LogP contribution < -0.4 is 19.5 Å². The Hall–Kier alpha value is -2.80. The maximum Gasteiger partial charge on any atom is 0.241 e. The van der Waals surface area contributed by atoms with Gasteiger partial charge in [-0.3, -0.25) is 0 Å². The van der Waals surface area contributed by atoms with Crippen molar-refractivity contribution in [2.45, 2.75) is 19.4 Å². The SMILES string of the molecule is COc1ccc(-c2cc3ncn(C)c3c(O[C@H](C)[C@@H]3CCNC3)n2)cc1OC. The van der Waals surface area contributed by atoms with E-state index in [-0.39, 0.29) is 6.10 Å². The average molecular weight is 382 g/mol. The quantitative estimate of drug-likeness (QED) is 0.707. The van der Waals surface area contributed by atoms with Gasteiger partial charge in [-0.2, -0.15) is 0 Å². The summed E-state index contributed by atoms with van der Waals surface area (Å²) < 4.78 is 19.1. The van der Waals surface area contributed by atoms with Crippen LogP contribution in [0.3, 0.4) is 0 Å². The van der Waals surface area contributed by atoms with E-state index in [1.165, 1.54) is 0 Å². The summed E-state index contributed by atoms with van der Waals surface area (Å²) in [5.74, 6) is 2.44. The lowest BCUT2D eigenvalue weighted by Gasteiger charge is -2.20. The van der Waals surface area contributed by atoms with Gasteiger partial charge in [0.25, 0.3) is 0 Å². The second kappa shape index (κ2) is 7.67. The topological polar surface area (TPSA) is 70.4 Å². The first-order valence-electron chi connectivity index (χ1n) is 9.52. The Bertz CT molecular complexity index is 979. The number of methoxy groups -OCH3 is 2. The van der Waals surface area contributed by atoms with E-state index in [9.17, 15) is 0 Å². The Morgan fingerprint density at radius 2 is 2.00 bits per heavy atom. The molecule has 1 aliphatic rings. The van der Waals surface area contributed by atoms with Crippen molar-refractivity contribution in [2.75, 3.05) is 27.3 Å². The fourth-order valence-electron chi connectivity index (χ4n) is 3.71. The number of aryl methyl sites for hydroxylation is 1. The third-order valence-electron chi connectivity index (χ3n) is 5.40. The molecule has 1 fully saturated rings. The van der Waals surface area contributed by atoms with Crippen LogP contribution in [0.4, 0.5) is 0 Å². The van der Waals surface area contributed by atoms with E-state index in [2.05, 4.69) is 17.2 Å². The van der Waals surface area contributed by atoms with Crippen LogP contribution in [-0.4, -0.2) is 47.9 Å². The lowest BCUT2D eigenvalue weighted by atomic mass is 10.0. The molecule has 3 aromatic rings. The van der Waals surface area contributed by atoms with Crippen LogP contribution in [0.1, 0.15) is 13.3 Å². The van der Waals surface area contributed by atoms with Crippen LogP contribution >= 0.6 is 0 Å². The molecule has 0 radical (unpaired) electrons. The van der Waals surface area contributed by atoms with Crippen LogP contribution in [0.15, 0.2) is 30.6 Å². The Labute approximate surface area is 164 Å². The van der Waals surface area contributed by atoms with Crippen molar-refractivity contribution in [3.8, 4) is 28.6 Å². The number of nitrogens with zero attached hydrogens (tertiary/aromatic N) is 3. The molecule has 1 aromatic carbocycles. The molecular weight excluding hydrogens is 356 g/mol. The summed E-state index contributed by atoms with van der Waals surface area (Å²) in [5.41, 5.74) is 3.47. The molecule has 0 aliphatic carbocycles. The Balaban J connectivity index is 1.76. The third-order valence-corrected chi connectivity index (χ3v) is 5.40. The van der Waals surface area contributed by atoms with Crippen molar-refractivity contribution in [3.05, 3.63) is 30.6 Å². The molecular formula is C21H26N4O3. The number of hydrogen-bond acceptors (Lipinski definition) is 6. The van der Waals surface area contributed by atoms with Crippen molar-refractivity contribution >= 4 is 11.0 Å². The highest BCUT2D eigenvalue weighted by Gasteiger charge is 2.25. The van der Waals surface area contributed by atoms with Crippen LogP contribution in [0.5, 0.6) is 17.4 Å². The minimum Gasteiger partial charge on any atom is -0.493 e. The maximum absolute atomic E-state index is 6.35. The first-order chi connectivity index (χ1) is 13.6. The number of benzene rings is 1. The van der Waals surface area contributed by atoms with E-state index in [0.717, 1.165) is 41.8 Å². The van der Waals surface area contributed by atoms with Crippen molar-refractivity contribution in [3.63, 3.8) is 0 Å². The zero-order chi connectivity index (χ0) is 19.7. The number of fused-ring (bicyclic) bond motifs is 1. The minimum absolute atomic E-state index is 0.0706. The van der Waals surface area contributed by atoms with Crippen molar-refractivity contribution in [2.24, 2.45) is 13.0 Å². The molecule has 28 heavy (non-hydrogen) atoms. The van der Waals surface area contributed by atoms with Crippen LogP contribution in [0.25, 0.3) is 22.3 Å². The molecule has 3 heterocycles. The van der Waals surface area contributed by atoms with E-state index < -0.39 is 0 Å². The van der Waals surface area contributed by atoms with Crippen LogP contribution in [-0.2, 0) is 7.05 Å². The second-order valence-corrected chi connectivity index (χ2v) is 7.18. The highest BCUT2D eigenvalue weighted by molar-refractivity contribution is 5.84. The van der Waals surface area contributed by atoms with Gasteiger partial charge in [0.05, 0.1) is 31.8 Å². The normalized spacial score (nSPS) is 17.6. The Morgan fingerprint density at radius 1 is 1.18 bits per heavy atom. The predicted molar refractivity (Wildman–Crippen MR) is 108 cm³/mol. The molecule has 148 valence electrons. The summed E-state index contributed by atoms with van der Waals surface area (Å²) in [6, 6.07) is 7.74. The molecule has 0 amide bonds. The van der Waals surface area contributed by atoms with Crippen molar-refractivity contribution in [1.29, 1.82) is 0 Å². The fourth-order valence-corrected chi connectivity index (χ4v) is 3.71. The molecule has 1 aliphatic heterocycles. The summed E-state index contributed by atoms with van der Waals surface area (Å²) in [6.45, 7) is 4.13. The lowest BCUT2D eigenvalue weighted by molar-refractivity contribution is 0.156. The Morgan fingerprint density at radius 3 is 2.71 bits per heavy atom. The molecule has 2 aromatic heterocycles. The van der Waals surface area contributed by atoms with Gasteiger partial charge in [-0.25, -0.2) is 9.97 Å². The molecule has 4 rings (SSSR count). The summed E-state index contributed by atoms with van der Waals surface area (Å²) in [7, 11) is 5.21. The molecule has 1 saturated heterocycles. The van der Waals surface area contributed by atoms with Crippen LogP contribution in [0.2, 0.25) is 0 Å². The predicted octanol–water partition coefficient (Wildman–Crippen LogP) is 3.03. The van der Waals surface area contributed by atoms with Gasteiger partial charge in [-0.05, 0) is 44.2 Å². The maximum atomic E-state index is 6.35. The number of rotatable bonds is 6. The van der Waals surface area contributed by atoms with E-state index in [1.807, 2.05) is 35.9 Å². The molecule has 0 spiro atoms. The highest BCUT2D eigenvalue weighted by Crippen LogP contribution is 2.35. The van der Waals surface area contributed by atoms with Gasteiger partial charge in [0.2, 0.25) is 5.88 Å². The number of nitrogens with one attached hydrogen (secondary N) is 1. The molecule has 1 N–H and O–H groups in total. The molecule has 7 nitrogen and oxygen atoms in total. The Kier molecular flexibility index (Phi) is 5.09. The number of aromatic nitrogens is 3. The standard InChI is InChI=1S/C21H26N4O3/c1-13(15-7-8-22-11-15)28-21-20-17(23-12-25(20)2)10-16(24-21)14-5-6-18(26-3)19(9-14)27-4/h5-6,9-10,12-13,15,22H,7-8,11H2,1-4H3/t13-,15-/m1/s1. The van der Waals surface area contributed by atoms with Crippen LogP contribution in [0, 0.1) is 5.92 Å². The number of pyridine rings is 1. The largest absolute Gasteiger partial charge is 0.493 e. The molecule has 2 atom stereocenters. The van der Waals surface area contributed by atoms with Gasteiger partial charge < -0.3 is 24.1 Å². The summed E-state index contributed by atoms with van der Waals surface area (Å²) in [5, 5.41) is 3.40. The van der Waals surface area contributed by atoms with Gasteiger partial charge in [0.15, 0.2) is 11.5 Å². The number of imidazole rings is 1. The molecule has 0 saturated carbocycles. The molecule has 7 heteroatoms. The van der Waals surface area contributed by atoms with Crippen molar-refractivity contribution in [1.82, 2.24) is 19.9 Å². The smallest absolute Gasteiger partial charge is 0.241 e. The first kappa shape index (κ1) is 18.6. The minimum atomic E-state index is 0.0706. The van der Waals surface area contributed by atoms with E-state index in [0.29, 0.717) is 23.3 Å². The number of hydrogen-bond donors (Lipinski definition) is 1. The monoisotopic (exact) mass is 382 g/mol. The van der Waals surface area contributed by atoms with Gasteiger partial charge in [-0.1, -0.05) is 0 Å². The highest BCUT2D eigenvalue weighted by atomic mass is 16.5. The third kappa shape index (κ3) is 3.38. The van der Waals surface area contributed by atoms with E-state index in [4.69, 9.17) is 19.2 Å². The lowest BCUT2D eigenvalue weighted by Crippen LogP contribution is -2.26. The molecule has 0 bridgehead atoms. The van der Waals surface area contributed by atoms with Gasteiger partial charge >= 0.3 is 0 Å². The van der Waals surface area contributed by atoms with Gasteiger partial charge in [0, 0.05) is 25.1 Å². The van der Waals surface area contributed by atoms with E-state index >= 15 is 0 Å². The summed E-state index contributed by atoms with van der Waals surface area (Å²) in [6.07, 6.45) is 2.98. The summed E-state index contributed by atoms with van der Waals surface area (Å²) in [4.78, 5) is 9.37. The number of ether oxygens (including phenoxy) is 3. The fraction of sp³-hybridized carbons (Fsp3) is 0.429.